The van der Waals surface area contributed by atoms with E-state index in [0.717, 1.165) is 0 Å². The van der Waals surface area contributed by atoms with E-state index in [9.17, 15) is 19.2 Å². The van der Waals surface area contributed by atoms with Gasteiger partial charge in [-0.2, -0.15) is 0 Å². The molecule has 1 atom stereocenters. The molecule has 3 amide bonds. The molecule has 1 saturated heterocycles. The SMILES string of the molecule is CC(C)CC(NC(=O)OC(C)(C)C)C(=O)ON1C(=O)CCC1=O. The normalized spacial score (nSPS) is 16.5. The third-order valence-corrected chi connectivity index (χ3v) is 2.87. The highest BCUT2D eigenvalue weighted by Gasteiger charge is 2.35. The summed E-state index contributed by atoms with van der Waals surface area (Å²) in [6.07, 6.45) is -0.450. The van der Waals surface area contributed by atoms with Crippen LogP contribution in [0.25, 0.3) is 0 Å². The van der Waals surface area contributed by atoms with E-state index in [1.54, 1.807) is 20.8 Å². The molecule has 1 aliphatic rings. The van der Waals surface area contributed by atoms with Crippen molar-refractivity contribution in [2.45, 2.75) is 65.5 Å². The summed E-state index contributed by atoms with van der Waals surface area (Å²) in [6.45, 7) is 8.82. The first kappa shape index (κ1) is 18.9. The van der Waals surface area contributed by atoms with Crippen LogP contribution in [0.3, 0.4) is 0 Å². The minimum Gasteiger partial charge on any atom is -0.444 e. The zero-order chi connectivity index (χ0) is 17.8. The standard InChI is InChI=1S/C15H24N2O6/c1-9(2)8-10(16-14(21)22-15(3,4)5)13(20)23-17-11(18)6-7-12(17)19/h9-10H,6-8H2,1-5H3,(H,16,21). The average molecular weight is 328 g/mol. The highest BCUT2D eigenvalue weighted by atomic mass is 16.7. The van der Waals surface area contributed by atoms with Gasteiger partial charge in [-0.1, -0.05) is 13.8 Å². The number of imide groups is 1. The van der Waals surface area contributed by atoms with Crippen molar-refractivity contribution < 1.29 is 28.8 Å². The van der Waals surface area contributed by atoms with Crippen molar-refractivity contribution in [3.05, 3.63) is 0 Å². The molecule has 130 valence electrons. The zero-order valence-corrected chi connectivity index (χ0v) is 14.2. The third kappa shape index (κ3) is 6.25. The molecular formula is C15H24N2O6. The Kier molecular flexibility index (Phi) is 6.12. The predicted molar refractivity (Wildman–Crippen MR) is 79.8 cm³/mol. The van der Waals surface area contributed by atoms with Gasteiger partial charge in [0.25, 0.3) is 11.8 Å². The van der Waals surface area contributed by atoms with Gasteiger partial charge < -0.3 is 14.9 Å². The molecule has 0 aromatic heterocycles. The maximum atomic E-state index is 12.2. The summed E-state index contributed by atoms with van der Waals surface area (Å²) in [5.74, 6) is -1.92. The van der Waals surface area contributed by atoms with Crippen LogP contribution in [0.1, 0.15) is 53.9 Å². The van der Waals surface area contributed by atoms with Gasteiger partial charge in [0.1, 0.15) is 11.6 Å². The summed E-state index contributed by atoms with van der Waals surface area (Å²) < 4.78 is 5.11. The molecule has 0 saturated carbocycles. The molecule has 0 aromatic carbocycles. The van der Waals surface area contributed by atoms with Crippen molar-refractivity contribution in [1.82, 2.24) is 10.4 Å². The monoisotopic (exact) mass is 328 g/mol. The van der Waals surface area contributed by atoms with Gasteiger partial charge >= 0.3 is 12.1 Å². The summed E-state index contributed by atoms with van der Waals surface area (Å²) >= 11 is 0. The Bertz CT molecular complexity index is 479. The van der Waals surface area contributed by atoms with Crippen molar-refractivity contribution >= 4 is 23.9 Å². The maximum Gasteiger partial charge on any atom is 0.408 e. The topological polar surface area (TPSA) is 102 Å². The van der Waals surface area contributed by atoms with E-state index < -0.39 is 35.5 Å². The molecule has 0 aromatic rings. The third-order valence-electron chi connectivity index (χ3n) is 2.87. The predicted octanol–water partition coefficient (Wildman–Crippen LogP) is 1.53. The summed E-state index contributed by atoms with van der Waals surface area (Å²) in [5.41, 5.74) is -0.711. The molecule has 1 rings (SSSR count). The van der Waals surface area contributed by atoms with Crippen molar-refractivity contribution in [2.75, 3.05) is 0 Å². The van der Waals surface area contributed by atoms with Gasteiger partial charge in [-0.3, -0.25) is 9.59 Å². The van der Waals surface area contributed by atoms with Gasteiger partial charge in [0.15, 0.2) is 0 Å². The van der Waals surface area contributed by atoms with Gasteiger partial charge in [0.05, 0.1) is 0 Å². The summed E-state index contributed by atoms with van der Waals surface area (Å²) in [4.78, 5) is 51.9. The largest absolute Gasteiger partial charge is 0.444 e. The molecule has 0 spiro atoms. The van der Waals surface area contributed by atoms with Crippen molar-refractivity contribution in [1.29, 1.82) is 0 Å². The van der Waals surface area contributed by atoms with E-state index in [2.05, 4.69) is 5.32 Å². The van der Waals surface area contributed by atoms with Gasteiger partial charge in [-0.25, -0.2) is 9.59 Å². The minimum absolute atomic E-state index is 0.0143. The van der Waals surface area contributed by atoms with Crippen LogP contribution in [-0.2, 0) is 24.0 Å². The highest BCUT2D eigenvalue weighted by Crippen LogP contribution is 2.15. The fourth-order valence-electron chi connectivity index (χ4n) is 1.95. The van der Waals surface area contributed by atoms with Crippen molar-refractivity contribution in [3.63, 3.8) is 0 Å². The van der Waals surface area contributed by atoms with E-state index in [1.807, 2.05) is 13.8 Å². The first-order valence-corrected chi connectivity index (χ1v) is 7.56. The van der Waals surface area contributed by atoms with Crippen LogP contribution < -0.4 is 5.32 Å². The van der Waals surface area contributed by atoms with Crippen LogP contribution in [0.4, 0.5) is 4.79 Å². The number of hydroxylamine groups is 2. The Hall–Kier alpha value is -2.12. The number of alkyl carbamates (subject to hydrolysis) is 1. The number of nitrogens with zero attached hydrogens (tertiary/aromatic N) is 1. The Morgan fingerprint density at radius 3 is 2.13 bits per heavy atom. The van der Waals surface area contributed by atoms with E-state index in [4.69, 9.17) is 9.57 Å². The number of hydrogen-bond donors (Lipinski definition) is 1. The molecule has 8 nitrogen and oxygen atoms in total. The second kappa shape index (κ2) is 7.43. The number of carbonyl (C=O) groups is 4. The molecule has 23 heavy (non-hydrogen) atoms. The molecule has 8 heteroatoms. The van der Waals surface area contributed by atoms with Gasteiger partial charge in [0.2, 0.25) is 0 Å². The molecule has 1 heterocycles. The quantitative estimate of drug-likeness (QED) is 0.768. The molecular weight excluding hydrogens is 304 g/mol. The lowest BCUT2D eigenvalue weighted by Gasteiger charge is -2.24. The van der Waals surface area contributed by atoms with Gasteiger partial charge in [-0.15, -0.1) is 5.06 Å². The Morgan fingerprint density at radius 1 is 1.17 bits per heavy atom. The minimum atomic E-state index is -1.01. The first-order valence-electron chi connectivity index (χ1n) is 7.56. The maximum absolute atomic E-state index is 12.2. The van der Waals surface area contributed by atoms with E-state index in [0.29, 0.717) is 5.06 Å². The number of amides is 3. The molecule has 1 aliphatic heterocycles. The fourth-order valence-corrected chi connectivity index (χ4v) is 1.95. The Morgan fingerprint density at radius 2 is 1.70 bits per heavy atom. The van der Waals surface area contributed by atoms with E-state index in [-0.39, 0.29) is 25.2 Å². The summed E-state index contributed by atoms with van der Waals surface area (Å²) in [7, 11) is 0. The second-order valence-corrected chi connectivity index (χ2v) is 6.82. The summed E-state index contributed by atoms with van der Waals surface area (Å²) in [6, 6.07) is -1.01. The van der Waals surface area contributed by atoms with E-state index >= 15 is 0 Å². The highest BCUT2D eigenvalue weighted by molar-refractivity contribution is 6.01. The van der Waals surface area contributed by atoms with Crippen molar-refractivity contribution in [2.24, 2.45) is 5.92 Å². The molecule has 1 unspecified atom stereocenters. The van der Waals surface area contributed by atoms with E-state index in [1.165, 1.54) is 0 Å². The Labute approximate surface area is 135 Å². The van der Waals surface area contributed by atoms with Gasteiger partial charge in [0, 0.05) is 12.8 Å². The van der Waals surface area contributed by atoms with Crippen LogP contribution in [0.5, 0.6) is 0 Å². The van der Waals surface area contributed by atoms with Crippen LogP contribution in [-0.4, -0.2) is 40.6 Å². The zero-order valence-electron chi connectivity index (χ0n) is 14.2. The smallest absolute Gasteiger partial charge is 0.408 e. The average Bonchev–Trinajstić information content (AvgIpc) is 2.66. The van der Waals surface area contributed by atoms with Gasteiger partial charge in [-0.05, 0) is 33.1 Å². The van der Waals surface area contributed by atoms with Crippen LogP contribution in [0, 0.1) is 5.92 Å². The van der Waals surface area contributed by atoms with Crippen LogP contribution >= 0.6 is 0 Å². The summed E-state index contributed by atoms with van der Waals surface area (Å²) in [5, 5.41) is 2.89. The lowest BCUT2D eigenvalue weighted by molar-refractivity contribution is -0.199. The number of rotatable bonds is 5. The number of nitrogens with one attached hydrogen (secondary N) is 1. The molecule has 0 bridgehead atoms. The number of hydrogen-bond acceptors (Lipinski definition) is 6. The molecule has 0 radical (unpaired) electrons. The lowest BCUT2D eigenvalue weighted by atomic mass is 10.0. The number of ether oxygens (including phenoxy) is 1. The lowest BCUT2D eigenvalue weighted by Crippen LogP contribution is -2.47. The Balaban J connectivity index is 2.72. The second-order valence-electron chi connectivity index (χ2n) is 6.82. The molecule has 0 aliphatic carbocycles. The molecule has 1 fully saturated rings. The molecule has 1 N–H and O–H groups in total. The van der Waals surface area contributed by atoms with Crippen LogP contribution in [0.15, 0.2) is 0 Å². The first-order chi connectivity index (χ1) is 10.5. The van der Waals surface area contributed by atoms with Crippen LogP contribution in [0.2, 0.25) is 0 Å². The fraction of sp³-hybridized carbons (Fsp3) is 0.733. The van der Waals surface area contributed by atoms with Crippen molar-refractivity contribution in [3.8, 4) is 0 Å². The number of carbonyl (C=O) groups excluding carboxylic acids is 4.